The molecule has 3 heteroatoms. The van der Waals surface area contributed by atoms with Crippen molar-refractivity contribution >= 4 is 5.97 Å². The van der Waals surface area contributed by atoms with Crippen LogP contribution in [0, 0.1) is 24.6 Å². The Morgan fingerprint density at radius 3 is 2.68 bits per heavy atom. The second-order valence-corrected chi connectivity index (χ2v) is 5.78. The summed E-state index contributed by atoms with van der Waals surface area (Å²) in [6, 6.07) is 4.51. The number of halogens is 1. The molecule has 0 saturated heterocycles. The fourth-order valence-corrected chi connectivity index (χ4v) is 2.62. The average Bonchev–Trinajstić information content (AvgIpc) is 2.36. The van der Waals surface area contributed by atoms with E-state index in [2.05, 4.69) is 13.8 Å². The summed E-state index contributed by atoms with van der Waals surface area (Å²) < 4.78 is 19.1. The zero-order valence-corrected chi connectivity index (χ0v) is 11.8. The van der Waals surface area contributed by atoms with E-state index < -0.39 is 11.8 Å². The Morgan fingerprint density at radius 1 is 1.26 bits per heavy atom. The quantitative estimate of drug-likeness (QED) is 0.751. The van der Waals surface area contributed by atoms with Gasteiger partial charge in [0.05, 0.1) is 5.56 Å². The number of aryl methyl sites for hydroxylation is 1. The topological polar surface area (TPSA) is 26.3 Å². The van der Waals surface area contributed by atoms with Crippen molar-refractivity contribution in [2.75, 3.05) is 0 Å². The third kappa shape index (κ3) is 3.34. The molecule has 0 spiro atoms. The number of esters is 1. The lowest BCUT2D eigenvalue weighted by atomic mass is 9.80. The van der Waals surface area contributed by atoms with Gasteiger partial charge in [0.1, 0.15) is 11.9 Å². The van der Waals surface area contributed by atoms with E-state index in [1.807, 2.05) is 6.92 Å². The second-order valence-electron chi connectivity index (χ2n) is 5.78. The van der Waals surface area contributed by atoms with Crippen LogP contribution in [0.4, 0.5) is 4.39 Å². The van der Waals surface area contributed by atoms with E-state index in [0.29, 0.717) is 11.8 Å². The van der Waals surface area contributed by atoms with E-state index in [4.69, 9.17) is 4.74 Å². The standard InChI is InChI=1S/C16H21FO2/c1-10-4-7-15(17)14(8-10)16(18)19-13-6-5-11(2)12(3)9-13/h4,7-8,11-13H,5-6,9H2,1-3H3. The lowest BCUT2D eigenvalue weighted by molar-refractivity contribution is 0.00833. The Balaban J connectivity index is 2.03. The van der Waals surface area contributed by atoms with Gasteiger partial charge in [-0.15, -0.1) is 0 Å². The van der Waals surface area contributed by atoms with Crippen LogP contribution in [-0.4, -0.2) is 12.1 Å². The lowest BCUT2D eigenvalue weighted by Crippen LogP contribution is -2.29. The molecule has 104 valence electrons. The molecule has 1 aromatic carbocycles. The average molecular weight is 264 g/mol. The van der Waals surface area contributed by atoms with Gasteiger partial charge in [-0.05, 0) is 50.2 Å². The highest BCUT2D eigenvalue weighted by molar-refractivity contribution is 5.90. The van der Waals surface area contributed by atoms with Crippen molar-refractivity contribution in [1.82, 2.24) is 0 Å². The summed E-state index contributed by atoms with van der Waals surface area (Å²) in [5.74, 6) is 0.181. The minimum atomic E-state index is -0.534. The van der Waals surface area contributed by atoms with Gasteiger partial charge in [-0.1, -0.05) is 25.5 Å². The van der Waals surface area contributed by atoms with E-state index in [0.717, 1.165) is 24.8 Å². The fourth-order valence-electron chi connectivity index (χ4n) is 2.62. The molecule has 3 atom stereocenters. The van der Waals surface area contributed by atoms with Crippen LogP contribution in [0.2, 0.25) is 0 Å². The SMILES string of the molecule is Cc1ccc(F)c(C(=O)OC2CCC(C)C(C)C2)c1. The van der Waals surface area contributed by atoms with Crippen molar-refractivity contribution in [3.63, 3.8) is 0 Å². The van der Waals surface area contributed by atoms with Crippen LogP contribution in [0.3, 0.4) is 0 Å². The predicted octanol–water partition coefficient (Wildman–Crippen LogP) is 4.12. The molecule has 1 aliphatic rings. The predicted molar refractivity (Wildman–Crippen MR) is 72.5 cm³/mol. The van der Waals surface area contributed by atoms with Crippen molar-refractivity contribution < 1.29 is 13.9 Å². The Morgan fingerprint density at radius 2 is 2.00 bits per heavy atom. The number of carbonyl (C=O) groups excluding carboxylic acids is 1. The van der Waals surface area contributed by atoms with E-state index >= 15 is 0 Å². The van der Waals surface area contributed by atoms with Crippen LogP contribution in [0.25, 0.3) is 0 Å². The number of hydrogen-bond acceptors (Lipinski definition) is 2. The maximum absolute atomic E-state index is 13.6. The number of carbonyl (C=O) groups is 1. The molecular weight excluding hydrogens is 243 g/mol. The molecule has 0 heterocycles. The maximum atomic E-state index is 13.6. The molecule has 0 amide bonds. The van der Waals surface area contributed by atoms with Gasteiger partial charge in [0.25, 0.3) is 0 Å². The third-order valence-electron chi connectivity index (χ3n) is 4.17. The van der Waals surface area contributed by atoms with Gasteiger partial charge >= 0.3 is 5.97 Å². The van der Waals surface area contributed by atoms with Crippen molar-refractivity contribution in [3.05, 3.63) is 35.1 Å². The normalized spacial score (nSPS) is 27.1. The van der Waals surface area contributed by atoms with Gasteiger partial charge in [0.15, 0.2) is 0 Å². The fraction of sp³-hybridized carbons (Fsp3) is 0.562. The minimum Gasteiger partial charge on any atom is -0.459 e. The zero-order chi connectivity index (χ0) is 14.0. The smallest absolute Gasteiger partial charge is 0.341 e. The van der Waals surface area contributed by atoms with E-state index in [1.165, 1.54) is 6.07 Å². The van der Waals surface area contributed by atoms with Gasteiger partial charge in [-0.3, -0.25) is 0 Å². The van der Waals surface area contributed by atoms with Gasteiger partial charge in [0, 0.05) is 0 Å². The van der Waals surface area contributed by atoms with Crippen LogP contribution in [0.1, 0.15) is 49.0 Å². The number of hydrogen-bond donors (Lipinski definition) is 0. The molecule has 1 aliphatic carbocycles. The van der Waals surface area contributed by atoms with Crippen molar-refractivity contribution in [1.29, 1.82) is 0 Å². The molecule has 2 rings (SSSR count). The molecule has 2 nitrogen and oxygen atoms in total. The Kier molecular flexibility index (Phi) is 4.23. The molecule has 0 aliphatic heterocycles. The van der Waals surface area contributed by atoms with E-state index in [-0.39, 0.29) is 11.7 Å². The minimum absolute atomic E-state index is 0.0475. The molecule has 1 fully saturated rings. The van der Waals surface area contributed by atoms with E-state index in [9.17, 15) is 9.18 Å². The van der Waals surface area contributed by atoms with Gasteiger partial charge in [-0.2, -0.15) is 0 Å². The first-order chi connectivity index (χ1) is 8.97. The summed E-state index contributed by atoms with van der Waals surface area (Å²) in [7, 11) is 0. The van der Waals surface area contributed by atoms with Crippen molar-refractivity contribution in [2.24, 2.45) is 11.8 Å². The molecule has 3 unspecified atom stereocenters. The number of benzene rings is 1. The molecule has 19 heavy (non-hydrogen) atoms. The van der Waals surface area contributed by atoms with Gasteiger partial charge < -0.3 is 4.74 Å². The number of ether oxygens (including phenoxy) is 1. The summed E-state index contributed by atoms with van der Waals surface area (Å²) in [6.45, 7) is 6.24. The summed E-state index contributed by atoms with van der Waals surface area (Å²) in [5, 5.41) is 0. The molecule has 0 aromatic heterocycles. The molecule has 1 aromatic rings. The first kappa shape index (κ1) is 14.0. The van der Waals surface area contributed by atoms with Crippen molar-refractivity contribution in [3.8, 4) is 0 Å². The van der Waals surface area contributed by atoms with Crippen LogP contribution >= 0.6 is 0 Å². The van der Waals surface area contributed by atoms with Crippen LogP contribution in [0.5, 0.6) is 0 Å². The molecular formula is C16H21FO2. The second kappa shape index (κ2) is 5.72. The summed E-state index contributed by atoms with van der Waals surface area (Å²) in [4.78, 5) is 12.0. The van der Waals surface area contributed by atoms with Crippen LogP contribution in [0.15, 0.2) is 18.2 Å². The molecule has 0 N–H and O–H groups in total. The highest BCUT2D eigenvalue weighted by Gasteiger charge is 2.28. The van der Waals surface area contributed by atoms with Gasteiger partial charge in [0.2, 0.25) is 0 Å². The van der Waals surface area contributed by atoms with Crippen LogP contribution in [-0.2, 0) is 4.74 Å². The van der Waals surface area contributed by atoms with E-state index in [1.54, 1.807) is 12.1 Å². The van der Waals surface area contributed by atoms with Gasteiger partial charge in [-0.25, -0.2) is 9.18 Å². The highest BCUT2D eigenvalue weighted by Crippen LogP contribution is 2.31. The number of rotatable bonds is 2. The Hall–Kier alpha value is -1.38. The van der Waals surface area contributed by atoms with Crippen molar-refractivity contribution in [2.45, 2.75) is 46.1 Å². The first-order valence-corrected chi connectivity index (χ1v) is 6.94. The summed E-state index contributed by atoms with van der Waals surface area (Å²) in [5.41, 5.74) is 0.908. The Labute approximate surface area is 114 Å². The monoisotopic (exact) mass is 264 g/mol. The third-order valence-corrected chi connectivity index (χ3v) is 4.17. The summed E-state index contributed by atoms with van der Waals surface area (Å²) in [6.07, 6.45) is 2.75. The molecule has 1 saturated carbocycles. The highest BCUT2D eigenvalue weighted by atomic mass is 19.1. The summed E-state index contributed by atoms with van der Waals surface area (Å²) >= 11 is 0. The molecule has 0 bridgehead atoms. The largest absolute Gasteiger partial charge is 0.459 e. The first-order valence-electron chi connectivity index (χ1n) is 6.94. The Bertz CT molecular complexity index is 470. The molecule has 0 radical (unpaired) electrons. The maximum Gasteiger partial charge on any atom is 0.341 e. The van der Waals surface area contributed by atoms with Crippen LogP contribution < -0.4 is 0 Å². The lowest BCUT2D eigenvalue weighted by Gasteiger charge is -2.31. The zero-order valence-electron chi connectivity index (χ0n) is 11.8.